The number of rotatable bonds is 5. The van der Waals surface area contributed by atoms with E-state index in [1.807, 2.05) is 12.1 Å². The molecule has 2 unspecified atom stereocenters. The maximum absolute atomic E-state index is 12.9. The number of benzene rings is 2. The molecule has 1 aliphatic carbocycles. The molecule has 2 aromatic carbocycles. The van der Waals surface area contributed by atoms with E-state index in [0.717, 1.165) is 17.7 Å². The highest BCUT2D eigenvalue weighted by Crippen LogP contribution is 2.58. The molecule has 4 rings (SSSR count). The third-order valence-electron chi connectivity index (χ3n) is 6.09. The van der Waals surface area contributed by atoms with Crippen LogP contribution in [0.1, 0.15) is 51.2 Å². The van der Waals surface area contributed by atoms with Crippen molar-refractivity contribution in [3.05, 3.63) is 65.5 Å². The van der Waals surface area contributed by atoms with Gasteiger partial charge in [0.25, 0.3) is 0 Å². The van der Waals surface area contributed by atoms with Crippen LogP contribution >= 0.6 is 0 Å². The Morgan fingerprint density at radius 3 is 2.15 bits per heavy atom. The summed E-state index contributed by atoms with van der Waals surface area (Å²) in [7, 11) is -0.130. The molecule has 5 heteroatoms. The Labute approximate surface area is 161 Å². The van der Waals surface area contributed by atoms with Crippen LogP contribution in [0.3, 0.4) is 0 Å². The van der Waals surface area contributed by atoms with Crippen LogP contribution in [-0.4, -0.2) is 18.3 Å². The second kappa shape index (κ2) is 6.64. The highest BCUT2D eigenvalue weighted by Gasteiger charge is 2.59. The van der Waals surface area contributed by atoms with Crippen LogP contribution in [0.25, 0.3) is 0 Å². The Kier molecular flexibility index (Phi) is 4.56. The third kappa shape index (κ3) is 3.76. The summed E-state index contributed by atoms with van der Waals surface area (Å²) in [6.07, 6.45) is 1.09. The van der Waals surface area contributed by atoms with Crippen LogP contribution in [0.4, 0.5) is 4.39 Å². The predicted molar refractivity (Wildman–Crippen MR) is 104 cm³/mol. The minimum absolute atomic E-state index is 0.130. The fourth-order valence-corrected chi connectivity index (χ4v) is 3.52. The molecule has 1 saturated carbocycles. The summed E-state index contributed by atoms with van der Waals surface area (Å²) < 4.78 is 31.1. The Balaban J connectivity index is 1.33. The zero-order chi connectivity index (χ0) is 19.2. The van der Waals surface area contributed by atoms with Gasteiger partial charge in [0.15, 0.2) is 0 Å². The molecule has 0 aromatic heterocycles. The Bertz CT molecular complexity index is 785. The van der Waals surface area contributed by atoms with Gasteiger partial charge in [0.2, 0.25) is 0 Å². The van der Waals surface area contributed by atoms with Crippen molar-refractivity contribution in [3.8, 4) is 5.75 Å². The second-order valence-electron chi connectivity index (χ2n) is 8.61. The molecule has 2 aromatic rings. The van der Waals surface area contributed by atoms with Crippen molar-refractivity contribution in [1.29, 1.82) is 0 Å². The van der Waals surface area contributed by atoms with Crippen molar-refractivity contribution in [2.45, 2.75) is 63.7 Å². The molecule has 2 fully saturated rings. The van der Waals surface area contributed by atoms with E-state index >= 15 is 0 Å². The summed E-state index contributed by atoms with van der Waals surface area (Å²) in [5.41, 5.74) is 1.69. The highest BCUT2D eigenvalue weighted by molar-refractivity contribution is 6.49. The highest BCUT2D eigenvalue weighted by atomic mass is 19.1. The lowest BCUT2D eigenvalue weighted by atomic mass is 9.79. The van der Waals surface area contributed by atoms with Gasteiger partial charge in [0.1, 0.15) is 18.2 Å². The first-order chi connectivity index (χ1) is 12.7. The minimum Gasteiger partial charge on any atom is -0.489 e. The molecule has 1 saturated heterocycles. The summed E-state index contributed by atoms with van der Waals surface area (Å²) in [6.45, 7) is 8.81. The van der Waals surface area contributed by atoms with Gasteiger partial charge < -0.3 is 14.0 Å². The lowest BCUT2D eigenvalue weighted by molar-refractivity contribution is 0.00578. The van der Waals surface area contributed by atoms with E-state index < -0.39 is 0 Å². The van der Waals surface area contributed by atoms with Gasteiger partial charge >= 0.3 is 7.12 Å². The molecular formula is C22H26BFO3. The van der Waals surface area contributed by atoms with Crippen LogP contribution in [-0.2, 0) is 15.9 Å². The molecule has 0 spiro atoms. The van der Waals surface area contributed by atoms with Crippen molar-refractivity contribution in [1.82, 2.24) is 0 Å². The van der Waals surface area contributed by atoms with E-state index in [0.29, 0.717) is 18.3 Å². The Morgan fingerprint density at radius 1 is 0.963 bits per heavy atom. The molecule has 0 bridgehead atoms. The lowest BCUT2D eigenvalue weighted by Gasteiger charge is -2.32. The molecule has 0 amide bonds. The number of ether oxygens (including phenoxy) is 1. The van der Waals surface area contributed by atoms with Crippen molar-refractivity contribution in [3.63, 3.8) is 0 Å². The number of hydrogen-bond donors (Lipinski definition) is 0. The zero-order valence-electron chi connectivity index (χ0n) is 16.4. The maximum atomic E-state index is 12.9. The van der Waals surface area contributed by atoms with Crippen LogP contribution in [0.5, 0.6) is 5.75 Å². The molecule has 1 heterocycles. The molecule has 3 nitrogen and oxygen atoms in total. The third-order valence-corrected chi connectivity index (χ3v) is 6.09. The van der Waals surface area contributed by atoms with Gasteiger partial charge in [-0.15, -0.1) is 0 Å². The second-order valence-corrected chi connectivity index (χ2v) is 8.61. The van der Waals surface area contributed by atoms with Gasteiger partial charge in [-0.25, -0.2) is 4.39 Å². The molecule has 0 radical (unpaired) electrons. The fraction of sp³-hybridized carbons (Fsp3) is 0.455. The number of halogens is 1. The normalized spacial score (nSPS) is 25.4. The van der Waals surface area contributed by atoms with Gasteiger partial charge in [-0.05, 0) is 75.4 Å². The van der Waals surface area contributed by atoms with E-state index in [-0.39, 0.29) is 24.1 Å². The first-order valence-corrected chi connectivity index (χ1v) is 9.58. The number of hydrogen-bond acceptors (Lipinski definition) is 3. The van der Waals surface area contributed by atoms with Crippen molar-refractivity contribution in [2.24, 2.45) is 0 Å². The average molecular weight is 368 g/mol. The standard InChI is InChI=1S/C22H26BFO3/c1-21(2)22(3,4)27-23(26-21)20-13-19(20)16-7-11-18(12-8-16)25-14-15-5-9-17(24)10-6-15/h5-12,19-20H,13-14H2,1-4H3. The Morgan fingerprint density at radius 2 is 1.56 bits per heavy atom. The Hall–Kier alpha value is -1.85. The lowest BCUT2D eigenvalue weighted by Crippen LogP contribution is -2.41. The molecule has 1 aliphatic heterocycles. The van der Waals surface area contributed by atoms with Crippen LogP contribution in [0.2, 0.25) is 5.82 Å². The summed E-state index contributed by atoms with van der Waals surface area (Å²) in [6, 6.07) is 14.6. The van der Waals surface area contributed by atoms with Gasteiger partial charge in [-0.2, -0.15) is 0 Å². The molecule has 2 aliphatic rings. The summed E-state index contributed by atoms with van der Waals surface area (Å²) in [4.78, 5) is 0. The van der Waals surface area contributed by atoms with Gasteiger partial charge in [0.05, 0.1) is 11.2 Å². The van der Waals surface area contributed by atoms with Crippen LogP contribution < -0.4 is 4.74 Å². The topological polar surface area (TPSA) is 27.7 Å². The SMILES string of the molecule is CC1(C)OB(C2CC2c2ccc(OCc3ccc(F)cc3)cc2)OC1(C)C. The quantitative estimate of drug-likeness (QED) is 0.666. The predicted octanol–water partition coefficient (Wildman–Crippen LogP) is 5.35. The molecule has 2 atom stereocenters. The first kappa shape index (κ1) is 18.5. The van der Waals surface area contributed by atoms with Crippen molar-refractivity contribution >= 4 is 7.12 Å². The smallest absolute Gasteiger partial charge is 0.461 e. The largest absolute Gasteiger partial charge is 0.489 e. The van der Waals surface area contributed by atoms with E-state index in [1.165, 1.54) is 17.7 Å². The minimum atomic E-state index is -0.275. The molecule has 27 heavy (non-hydrogen) atoms. The summed E-state index contributed by atoms with van der Waals surface area (Å²) in [5, 5.41) is 0. The first-order valence-electron chi connectivity index (χ1n) is 9.58. The van der Waals surface area contributed by atoms with Crippen LogP contribution in [0, 0.1) is 5.82 Å². The van der Waals surface area contributed by atoms with E-state index in [9.17, 15) is 4.39 Å². The average Bonchev–Trinajstić information content (AvgIpc) is 3.37. The monoisotopic (exact) mass is 368 g/mol. The maximum Gasteiger partial charge on any atom is 0.461 e. The van der Waals surface area contributed by atoms with Crippen molar-refractivity contribution < 1.29 is 18.4 Å². The van der Waals surface area contributed by atoms with Gasteiger partial charge in [-0.1, -0.05) is 24.3 Å². The van der Waals surface area contributed by atoms with E-state index in [1.54, 1.807) is 12.1 Å². The molecule has 0 N–H and O–H groups in total. The fourth-order valence-electron chi connectivity index (χ4n) is 3.52. The summed E-state index contributed by atoms with van der Waals surface area (Å²) >= 11 is 0. The molecular weight excluding hydrogens is 342 g/mol. The van der Waals surface area contributed by atoms with Crippen LogP contribution in [0.15, 0.2) is 48.5 Å². The van der Waals surface area contributed by atoms with E-state index in [2.05, 4.69) is 39.8 Å². The van der Waals surface area contributed by atoms with Crippen molar-refractivity contribution in [2.75, 3.05) is 0 Å². The zero-order valence-corrected chi connectivity index (χ0v) is 16.4. The van der Waals surface area contributed by atoms with Gasteiger partial charge in [0, 0.05) is 5.82 Å². The van der Waals surface area contributed by atoms with Gasteiger partial charge in [-0.3, -0.25) is 0 Å². The van der Waals surface area contributed by atoms with E-state index in [4.69, 9.17) is 14.0 Å². The summed E-state index contributed by atoms with van der Waals surface area (Å²) in [5.74, 6) is 1.47. The molecule has 142 valence electrons.